The SMILES string of the molecule is CC(C)(C)c1ccc(N2C(=O)c3c(F)c(F)c(F)c(F)c3C2=O)cc1. The minimum Gasteiger partial charge on any atom is -0.268 e. The van der Waals surface area contributed by atoms with Gasteiger partial charge in [-0.25, -0.2) is 22.5 Å². The third-order valence-corrected chi connectivity index (χ3v) is 4.09. The summed E-state index contributed by atoms with van der Waals surface area (Å²) < 4.78 is 54.6. The van der Waals surface area contributed by atoms with E-state index < -0.39 is 46.2 Å². The van der Waals surface area contributed by atoms with Gasteiger partial charge in [-0.3, -0.25) is 9.59 Å². The molecule has 7 heteroatoms. The van der Waals surface area contributed by atoms with Gasteiger partial charge in [-0.2, -0.15) is 0 Å². The number of amides is 2. The molecule has 25 heavy (non-hydrogen) atoms. The van der Waals surface area contributed by atoms with Gasteiger partial charge in [-0.1, -0.05) is 32.9 Å². The van der Waals surface area contributed by atoms with Crippen molar-refractivity contribution < 1.29 is 27.2 Å². The maximum Gasteiger partial charge on any atom is 0.269 e. The third-order valence-electron chi connectivity index (χ3n) is 4.09. The number of imide groups is 1. The van der Waals surface area contributed by atoms with E-state index in [1.807, 2.05) is 20.8 Å². The minimum atomic E-state index is -2.12. The molecule has 3 nitrogen and oxygen atoms in total. The highest BCUT2D eigenvalue weighted by molar-refractivity contribution is 6.34. The first-order valence-corrected chi connectivity index (χ1v) is 7.41. The fraction of sp³-hybridized carbons (Fsp3) is 0.222. The van der Waals surface area contributed by atoms with Crippen LogP contribution >= 0.6 is 0 Å². The molecule has 0 spiro atoms. The Morgan fingerprint density at radius 3 is 1.48 bits per heavy atom. The molecule has 0 N–H and O–H groups in total. The summed E-state index contributed by atoms with van der Waals surface area (Å²) in [5, 5.41) is 0. The highest BCUT2D eigenvalue weighted by Crippen LogP contribution is 2.35. The largest absolute Gasteiger partial charge is 0.269 e. The predicted molar refractivity (Wildman–Crippen MR) is 82.6 cm³/mol. The molecular weight excluding hydrogens is 338 g/mol. The first-order valence-electron chi connectivity index (χ1n) is 7.41. The van der Waals surface area contributed by atoms with Crippen molar-refractivity contribution in [1.29, 1.82) is 0 Å². The zero-order valence-electron chi connectivity index (χ0n) is 13.6. The molecule has 0 radical (unpaired) electrons. The smallest absolute Gasteiger partial charge is 0.268 e. The number of hydrogen-bond acceptors (Lipinski definition) is 2. The van der Waals surface area contributed by atoms with Crippen LogP contribution in [0.4, 0.5) is 23.2 Å². The van der Waals surface area contributed by atoms with E-state index in [4.69, 9.17) is 0 Å². The summed E-state index contributed by atoms with van der Waals surface area (Å²) in [6, 6.07) is 6.19. The van der Waals surface area contributed by atoms with E-state index >= 15 is 0 Å². The van der Waals surface area contributed by atoms with Crippen LogP contribution in [0.25, 0.3) is 0 Å². The predicted octanol–water partition coefficient (Wildman–Crippen LogP) is 4.34. The summed E-state index contributed by atoms with van der Waals surface area (Å²) in [5.74, 6) is -10.5. The maximum absolute atomic E-state index is 13.9. The number of anilines is 1. The normalized spacial score (nSPS) is 14.3. The van der Waals surface area contributed by atoms with Crippen LogP contribution in [0.1, 0.15) is 47.1 Å². The maximum atomic E-state index is 13.9. The van der Waals surface area contributed by atoms with Crippen LogP contribution in [-0.2, 0) is 5.41 Å². The summed E-state index contributed by atoms with van der Waals surface area (Å²) in [6.07, 6.45) is 0. The number of halogens is 4. The fourth-order valence-electron chi connectivity index (χ4n) is 2.69. The lowest BCUT2D eigenvalue weighted by molar-refractivity contribution is 0.0924. The molecule has 2 amide bonds. The molecule has 2 aromatic rings. The molecular formula is C18H13F4NO2. The molecule has 0 fully saturated rings. The van der Waals surface area contributed by atoms with Gasteiger partial charge in [0.1, 0.15) is 0 Å². The molecule has 0 saturated heterocycles. The van der Waals surface area contributed by atoms with Gasteiger partial charge in [0.25, 0.3) is 11.8 Å². The van der Waals surface area contributed by atoms with Gasteiger partial charge in [0.05, 0.1) is 16.8 Å². The summed E-state index contributed by atoms with van der Waals surface area (Å²) in [6.45, 7) is 5.88. The van der Waals surface area contributed by atoms with Gasteiger partial charge in [-0.05, 0) is 23.1 Å². The summed E-state index contributed by atoms with van der Waals surface area (Å²) in [5.41, 5.74) is -1.42. The number of benzene rings is 2. The monoisotopic (exact) mass is 351 g/mol. The van der Waals surface area contributed by atoms with Crippen molar-refractivity contribution in [3.63, 3.8) is 0 Å². The molecule has 3 rings (SSSR count). The van der Waals surface area contributed by atoms with Crippen molar-refractivity contribution >= 4 is 17.5 Å². The second-order valence-corrected chi connectivity index (χ2v) is 6.75. The van der Waals surface area contributed by atoms with Crippen molar-refractivity contribution in [3.8, 4) is 0 Å². The van der Waals surface area contributed by atoms with E-state index in [9.17, 15) is 27.2 Å². The Bertz CT molecular complexity index is 867. The molecule has 0 saturated carbocycles. The number of hydrogen-bond donors (Lipinski definition) is 0. The lowest BCUT2D eigenvalue weighted by Crippen LogP contribution is -2.29. The van der Waals surface area contributed by atoms with Crippen molar-refractivity contribution in [1.82, 2.24) is 0 Å². The number of rotatable bonds is 1. The Labute approximate surface area is 140 Å². The van der Waals surface area contributed by atoms with Crippen LogP contribution in [0.3, 0.4) is 0 Å². The Morgan fingerprint density at radius 2 is 1.12 bits per heavy atom. The molecule has 130 valence electrons. The third kappa shape index (κ3) is 2.42. The topological polar surface area (TPSA) is 37.4 Å². The highest BCUT2D eigenvalue weighted by atomic mass is 19.2. The average molecular weight is 351 g/mol. The van der Waals surface area contributed by atoms with E-state index in [2.05, 4.69) is 0 Å². The van der Waals surface area contributed by atoms with Crippen LogP contribution in [-0.4, -0.2) is 11.8 Å². The Kier molecular flexibility index (Phi) is 3.70. The standard InChI is InChI=1S/C18H13F4NO2/c1-18(2,3)8-4-6-9(7-5-8)23-16(24)10-11(17(23)25)13(20)15(22)14(21)12(10)19/h4-7H,1-3H3. The highest BCUT2D eigenvalue weighted by Gasteiger charge is 2.44. The fourth-order valence-corrected chi connectivity index (χ4v) is 2.69. The van der Waals surface area contributed by atoms with E-state index in [0.29, 0.717) is 4.90 Å². The number of carbonyl (C=O) groups is 2. The molecule has 0 unspecified atom stereocenters. The first kappa shape index (κ1) is 17.1. The number of fused-ring (bicyclic) bond motifs is 1. The Balaban J connectivity index is 2.12. The summed E-state index contributed by atoms with van der Waals surface area (Å²) in [7, 11) is 0. The van der Waals surface area contributed by atoms with Crippen LogP contribution < -0.4 is 4.90 Å². The van der Waals surface area contributed by atoms with Crippen LogP contribution in [0.15, 0.2) is 24.3 Å². The van der Waals surface area contributed by atoms with E-state index in [0.717, 1.165) is 5.56 Å². The quantitative estimate of drug-likeness (QED) is 0.332. The van der Waals surface area contributed by atoms with E-state index in [1.54, 1.807) is 12.1 Å². The lowest BCUT2D eigenvalue weighted by atomic mass is 9.87. The van der Waals surface area contributed by atoms with Gasteiger partial charge in [0.2, 0.25) is 0 Å². The van der Waals surface area contributed by atoms with Crippen molar-refractivity contribution in [2.75, 3.05) is 4.90 Å². The lowest BCUT2D eigenvalue weighted by Gasteiger charge is -2.20. The molecule has 2 aromatic carbocycles. The molecule has 0 atom stereocenters. The van der Waals surface area contributed by atoms with Gasteiger partial charge < -0.3 is 0 Å². The van der Waals surface area contributed by atoms with Gasteiger partial charge in [0, 0.05) is 0 Å². The van der Waals surface area contributed by atoms with Gasteiger partial charge in [0.15, 0.2) is 23.3 Å². The summed E-state index contributed by atoms with van der Waals surface area (Å²) in [4.78, 5) is 25.2. The van der Waals surface area contributed by atoms with Crippen molar-refractivity contribution in [2.45, 2.75) is 26.2 Å². The Morgan fingerprint density at radius 1 is 0.720 bits per heavy atom. The van der Waals surface area contributed by atoms with Crippen LogP contribution in [0.5, 0.6) is 0 Å². The van der Waals surface area contributed by atoms with Crippen LogP contribution in [0.2, 0.25) is 0 Å². The van der Waals surface area contributed by atoms with Crippen molar-refractivity contribution in [2.24, 2.45) is 0 Å². The Hall–Kier alpha value is -2.70. The van der Waals surface area contributed by atoms with Gasteiger partial charge >= 0.3 is 0 Å². The second-order valence-electron chi connectivity index (χ2n) is 6.75. The van der Waals surface area contributed by atoms with Gasteiger partial charge in [-0.15, -0.1) is 0 Å². The molecule has 0 aromatic heterocycles. The van der Waals surface area contributed by atoms with E-state index in [1.165, 1.54) is 12.1 Å². The molecule has 0 bridgehead atoms. The van der Waals surface area contributed by atoms with Crippen LogP contribution in [0, 0.1) is 23.3 Å². The number of carbonyl (C=O) groups excluding carboxylic acids is 2. The molecule has 0 aliphatic carbocycles. The minimum absolute atomic E-state index is 0.0545. The zero-order chi connectivity index (χ0) is 18.7. The second kappa shape index (κ2) is 5.40. The first-order chi connectivity index (χ1) is 11.6. The zero-order valence-corrected chi connectivity index (χ0v) is 13.6. The average Bonchev–Trinajstić information content (AvgIpc) is 2.81. The summed E-state index contributed by atoms with van der Waals surface area (Å²) >= 11 is 0. The van der Waals surface area contributed by atoms with Crippen molar-refractivity contribution in [3.05, 3.63) is 64.2 Å². The molecule has 1 heterocycles. The molecule has 1 aliphatic rings. The van der Waals surface area contributed by atoms with E-state index in [-0.39, 0.29) is 11.1 Å². The molecule has 1 aliphatic heterocycles. The number of nitrogens with zero attached hydrogens (tertiary/aromatic N) is 1.